The maximum atomic E-state index is 13.9. The molecular formula is C23H37F2N5O2S. The zero-order chi connectivity index (χ0) is 25.6. The van der Waals surface area contributed by atoms with Crippen molar-refractivity contribution in [2.24, 2.45) is 5.73 Å². The van der Waals surface area contributed by atoms with E-state index in [0.29, 0.717) is 26.3 Å². The van der Waals surface area contributed by atoms with Gasteiger partial charge in [0.2, 0.25) is 0 Å². The zero-order valence-electron chi connectivity index (χ0n) is 20.5. The number of morpholine rings is 1. The molecule has 0 radical (unpaired) electrons. The van der Waals surface area contributed by atoms with Crippen LogP contribution < -0.4 is 16.4 Å². The first-order chi connectivity index (χ1) is 15.7. The monoisotopic (exact) mass is 485 g/mol. The molecule has 3 rings (SSSR count). The van der Waals surface area contributed by atoms with Crippen LogP contribution in [0.25, 0.3) is 11.4 Å². The molecule has 0 amide bonds. The SMILES string of the molecule is C=O.CC.CCN.CSC(C)(C)c1cc(N2CCOCC2)nc(-c2cc(F)c(N)c(F)c2)n1. The van der Waals surface area contributed by atoms with Gasteiger partial charge in [0.1, 0.15) is 29.9 Å². The summed E-state index contributed by atoms with van der Waals surface area (Å²) >= 11 is 1.65. The molecule has 10 heteroatoms. The van der Waals surface area contributed by atoms with Crippen molar-refractivity contribution in [1.29, 1.82) is 0 Å². The number of halogens is 2. The summed E-state index contributed by atoms with van der Waals surface area (Å²) in [6.07, 6.45) is 2.00. The van der Waals surface area contributed by atoms with Crippen LogP contribution >= 0.6 is 11.8 Å². The van der Waals surface area contributed by atoms with Crippen LogP contribution in [0, 0.1) is 11.6 Å². The Morgan fingerprint density at radius 1 is 1.12 bits per heavy atom. The lowest BCUT2D eigenvalue weighted by Crippen LogP contribution is -2.37. The van der Waals surface area contributed by atoms with Crippen molar-refractivity contribution in [3.63, 3.8) is 0 Å². The van der Waals surface area contributed by atoms with E-state index in [0.717, 1.165) is 18.1 Å². The minimum absolute atomic E-state index is 0.266. The van der Waals surface area contributed by atoms with Crippen molar-refractivity contribution in [3.05, 3.63) is 35.5 Å². The third-order valence-corrected chi connectivity index (χ3v) is 5.74. The average Bonchev–Trinajstić information content (AvgIpc) is 2.85. The molecule has 0 saturated carbocycles. The highest BCUT2D eigenvalue weighted by Gasteiger charge is 2.25. The average molecular weight is 486 g/mol. The molecule has 1 saturated heterocycles. The Bertz CT molecular complexity index is 827. The highest BCUT2D eigenvalue weighted by atomic mass is 32.2. The predicted molar refractivity (Wildman–Crippen MR) is 135 cm³/mol. The molecule has 0 unspecified atom stereocenters. The van der Waals surface area contributed by atoms with Gasteiger partial charge in [-0.2, -0.15) is 11.8 Å². The highest BCUT2D eigenvalue weighted by Crippen LogP contribution is 2.35. The van der Waals surface area contributed by atoms with Gasteiger partial charge in [-0.15, -0.1) is 0 Å². The quantitative estimate of drug-likeness (QED) is 0.619. The first-order valence-electron chi connectivity index (χ1n) is 10.7. The number of aromatic nitrogens is 2. The fraction of sp³-hybridized carbons (Fsp3) is 0.522. The van der Waals surface area contributed by atoms with Crippen LogP contribution in [0.4, 0.5) is 20.3 Å². The molecule has 0 bridgehead atoms. The van der Waals surface area contributed by atoms with Crippen LogP contribution in [-0.4, -0.2) is 55.9 Å². The third kappa shape index (κ3) is 8.87. The molecule has 2 heterocycles. The number of carbonyl (C=O) groups is 1. The molecule has 1 aromatic carbocycles. The minimum atomic E-state index is -0.814. The number of nitrogens with zero attached hydrogens (tertiary/aromatic N) is 3. The van der Waals surface area contributed by atoms with Gasteiger partial charge < -0.3 is 25.9 Å². The minimum Gasteiger partial charge on any atom is -0.394 e. The van der Waals surface area contributed by atoms with E-state index in [1.54, 1.807) is 11.8 Å². The number of benzene rings is 1. The van der Waals surface area contributed by atoms with E-state index in [1.165, 1.54) is 12.1 Å². The molecule has 1 aromatic heterocycles. The van der Waals surface area contributed by atoms with Crippen molar-refractivity contribution < 1.29 is 18.3 Å². The van der Waals surface area contributed by atoms with Gasteiger partial charge in [0, 0.05) is 24.7 Å². The molecule has 1 fully saturated rings. The van der Waals surface area contributed by atoms with Crippen molar-refractivity contribution >= 4 is 30.1 Å². The number of hydrogen-bond acceptors (Lipinski definition) is 8. The summed E-state index contributed by atoms with van der Waals surface area (Å²) in [5.41, 5.74) is 10.8. The van der Waals surface area contributed by atoms with Crippen molar-refractivity contribution in [3.8, 4) is 11.4 Å². The van der Waals surface area contributed by atoms with Crippen LogP contribution in [0.5, 0.6) is 0 Å². The molecule has 1 aliphatic rings. The summed E-state index contributed by atoms with van der Waals surface area (Å²) < 4.78 is 33.0. The van der Waals surface area contributed by atoms with E-state index in [1.807, 2.05) is 39.9 Å². The summed E-state index contributed by atoms with van der Waals surface area (Å²) in [4.78, 5) is 19.2. The topological polar surface area (TPSA) is 107 Å². The standard InChI is InChI=1S/C18H22F2N4OS.C2H7N.C2H6.CH2O/c1-18(2,26-3)14-10-15(24-4-6-25-7-5-24)23-17(22-14)11-8-12(19)16(21)13(20)9-11;1-2-3;2*1-2/h8-10H,4-7,21H2,1-3H3;2-3H2,1H3;1-2H3;1H2. The van der Waals surface area contributed by atoms with Gasteiger partial charge in [-0.05, 0) is 38.8 Å². The van der Waals surface area contributed by atoms with Crippen molar-refractivity contribution in [2.45, 2.75) is 39.4 Å². The summed E-state index contributed by atoms with van der Waals surface area (Å²) in [5, 5.41) is 0. The normalized spacial score (nSPS) is 12.9. The van der Waals surface area contributed by atoms with Crippen LogP contribution in [0.3, 0.4) is 0 Å². The lowest BCUT2D eigenvalue weighted by molar-refractivity contribution is -0.0980. The number of thioether (sulfide) groups is 1. The van der Waals surface area contributed by atoms with Crippen LogP contribution in [-0.2, 0) is 14.3 Å². The molecular weight excluding hydrogens is 448 g/mol. The molecule has 186 valence electrons. The van der Waals surface area contributed by atoms with Crippen molar-refractivity contribution in [1.82, 2.24) is 9.97 Å². The third-order valence-electron chi connectivity index (χ3n) is 4.51. The Balaban J connectivity index is 0.00000132. The Labute approximate surface area is 200 Å². The van der Waals surface area contributed by atoms with Gasteiger partial charge in [-0.3, -0.25) is 0 Å². The Morgan fingerprint density at radius 2 is 1.61 bits per heavy atom. The summed E-state index contributed by atoms with van der Waals surface area (Å²) in [5.74, 6) is -0.617. The second-order valence-corrected chi connectivity index (χ2v) is 8.44. The van der Waals surface area contributed by atoms with E-state index in [9.17, 15) is 8.78 Å². The Hall–Kier alpha value is -2.30. The zero-order valence-corrected chi connectivity index (χ0v) is 21.3. The highest BCUT2D eigenvalue weighted by molar-refractivity contribution is 7.99. The second kappa shape index (κ2) is 15.5. The van der Waals surface area contributed by atoms with E-state index in [2.05, 4.69) is 28.7 Å². The Kier molecular flexibility index (Phi) is 14.4. The number of nitrogen functional groups attached to an aromatic ring is 1. The van der Waals surface area contributed by atoms with E-state index >= 15 is 0 Å². The van der Waals surface area contributed by atoms with E-state index in [-0.39, 0.29) is 16.1 Å². The smallest absolute Gasteiger partial charge is 0.162 e. The van der Waals surface area contributed by atoms with E-state index < -0.39 is 17.3 Å². The van der Waals surface area contributed by atoms with Crippen LogP contribution in [0.2, 0.25) is 0 Å². The molecule has 0 atom stereocenters. The number of rotatable bonds is 4. The largest absolute Gasteiger partial charge is 0.394 e. The molecule has 2 aromatic rings. The van der Waals surface area contributed by atoms with Gasteiger partial charge >= 0.3 is 0 Å². The fourth-order valence-corrected chi connectivity index (χ4v) is 2.96. The maximum Gasteiger partial charge on any atom is 0.162 e. The molecule has 4 N–H and O–H groups in total. The Morgan fingerprint density at radius 3 is 2.06 bits per heavy atom. The van der Waals surface area contributed by atoms with Crippen LogP contribution in [0.15, 0.2) is 18.2 Å². The van der Waals surface area contributed by atoms with E-state index in [4.69, 9.17) is 21.0 Å². The lowest BCUT2D eigenvalue weighted by atomic mass is 10.1. The van der Waals surface area contributed by atoms with Gasteiger partial charge in [-0.1, -0.05) is 20.8 Å². The summed E-state index contributed by atoms with van der Waals surface area (Å²) in [7, 11) is 0. The second-order valence-electron chi connectivity index (χ2n) is 7.01. The first kappa shape index (κ1) is 30.7. The first-order valence-corrected chi connectivity index (χ1v) is 12.0. The predicted octanol–water partition coefficient (Wildman–Crippen LogP) is 4.25. The van der Waals surface area contributed by atoms with Gasteiger partial charge in [0.15, 0.2) is 5.82 Å². The number of ether oxygens (including phenoxy) is 1. The molecule has 7 nitrogen and oxygen atoms in total. The fourth-order valence-electron chi connectivity index (χ4n) is 2.64. The van der Waals surface area contributed by atoms with Crippen molar-refractivity contribution in [2.75, 3.05) is 49.7 Å². The summed E-state index contributed by atoms with van der Waals surface area (Å²) in [6, 6.07) is 4.29. The maximum absolute atomic E-state index is 13.9. The number of hydrogen-bond donors (Lipinski definition) is 2. The molecule has 0 aliphatic carbocycles. The number of nitrogens with two attached hydrogens (primary N) is 2. The molecule has 33 heavy (non-hydrogen) atoms. The van der Waals surface area contributed by atoms with Gasteiger partial charge in [0.05, 0.1) is 23.7 Å². The number of carbonyl (C=O) groups excluding carboxylic acids is 1. The van der Waals surface area contributed by atoms with Gasteiger partial charge in [0.25, 0.3) is 0 Å². The van der Waals surface area contributed by atoms with Gasteiger partial charge in [-0.25, -0.2) is 18.7 Å². The lowest BCUT2D eigenvalue weighted by Gasteiger charge is -2.30. The molecule has 1 aliphatic heterocycles. The van der Waals surface area contributed by atoms with Crippen LogP contribution in [0.1, 0.15) is 40.3 Å². The summed E-state index contributed by atoms with van der Waals surface area (Å²) in [6.45, 7) is 15.4. The number of anilines is 2. The molecule has 0 spiro atoms.